The van der Waals surface area contributed by atoms with Crippen molar-refractivity contribution in [3.63, 3.8) is 0 Å². The summed E-state index contributed by atoms with van der Waals surface area (Å²) < 4.78 is 0. The minimum absolute atomic E-state index is 0.00487. The Kier molecular flexibility index (Phi) is 5.72. The van der Waals surface area contributed by atoms with Crippen molar-refractivity contribution < 1.29 is 9.59 Å². The Balaban J connectivity index is 1.40. The van der Waals surface area contributed by atoms with Gasteiger partial charge in [-0.2, -0.15) is 0 Å². The Morgan fingerprint density at radius 2 is 1.87 bits per heavy atom. The Morgan fingerprint density at radius 1 is 1.17 bits per heavy atom. The minimum Gasteiger partial charge on any atom is -0.335 e. The van der Waals surface area contributed by atoms with Crippen molar-refractivity contribution in [1.29, 1.82) is 0 Å². The maximum absolute atomic E-state index is 12.5. The van der Waals surface area contributed by atoms with E-state index >= 15 is 0 Å². The molecule has 30 heavy (non-hydrogen) atoms. The molecule has 0 radical (unpaired) electrons. The lowest BCUT2D eigenvalue weighted by atomic mass is 9.92. The molecule has 0 saturated carbocycles. The van der Waals surface area contributed by atoms with E-state index in [-0.39, 0.29) is 18.0 Å². The van der Waals surface area contributed by atoms with Crippen LogP contribution in [0, 0.1) is 11.8 Å². The second kappa shape index (κ2) is 8.44. The van der Waals surface area contributed by atoms with Gasteiger partial charge >= 0.3 is 0 Å². The van der Waals surface area contributed by atoms with Crippen molar-refractivity contribution in [3.8, 4) is 0 Å². The van der Waals surface area contributed by atoms with Gasteiger partial charge < -0.3 is 15.5 Å². The number of benzene rings is 1. The molecule has 2 N–H and O–H groups in total. The highest BCUT2D eigenvalue weighted by molar-refractivity contribution is 6.01. The third kappa shape index (κ3) is 4.31. The predicted octanol–water partition coefficient (Wildman–Crippen LogP) is 2.88. The maximum atomic E-state index is 12.5. The van der Waals surface area contributed by atoms with Gasteiger partial charge in [0.2, 0.25) is 5.91 Å². The number of nitrogens with zero attached hydrogens (tertiary/aromatic N) is 3. The monoisotopic (exact) mass is 407 g/mol. The van der Waals surface area contributed by atoms with Crippen LogP contribution in [-0.4, -0.2) is 48.4 Å². The number of carbonyl (C=O) groups excluding carboxylic acids is 2. The molecule has 0 bridgehead atoms. The number of pyridine rings is 1. The van der Waals surface area contributed by atoms with E-state index in [2.05, 4.69) is 34.4 Å². The fourth-order valence-corrected chi connectivity index (χ4v) is 4.66. The van der Waals surface area contributed by atoms with Crippen molar-refractivity contribution in [1.82, 2.24) is 15.2 Å². The number of rotatable bonds is 4. The fraction of sp³-hybridized carbons (Fsp3) is 0.435. The molecule has 3 heterocycles. The largest absolute Gasteiger partial charge is 0.335 e. The molecule has 1 saturated heterocycles. The quantitative estimate of drug-likeness (QED) is 0.815. The van der Waals surface area contributed by atoms with E-state index in [9.17, 15) is 9.59 Å². The summed E-state index contributed by atoms with van der Waals surface area (Å²) in [7, 11) is 1.91. The molecule has 7 heteroatoms. The second-order valence-corrected chi connectivity index (χ2v) is 8.67. The van der Waals surface area contributed by atoms with Crippen molar-refractivity contribution in [2.45, 2.75) is 26.4 Å². The highest BCUT2D eigenvalue weighted by Gasteiger charge is 2.30. The summed E-state index contributed by atoms with van der Waals surface area (Å²) in [4.78, 5) is 33.4. The van der Waals surface area contributed by atoms with Crippen LogP contribution in [0.1, 0.15) is 42.4 Å². The predicted molar refractivity (Wildman–Crippen MR) is 117 cm³/mol. The van der Waals surface area contributed by atoms with E-state index in [1.807, 2.05) is 36.2 Å². The molecule has 0 spiro atoms. The van der Waals surface area contributed by atoms with E-state index in [0.29, 0.717) is 29.8 Å². The van der Waals surface area contributed by atoms with Crippen molar-refractivity contribution >= 4 is 23.3 Å². The van der Waals surface area contributed by atoms with Gasteiger partial charge in [-0.05, 0) is 48.1 Å². The molecule has 7 nitrogen and oxygen atoms in total. The smallest absolute Gasteiger partial charge is 0.256 e. The summed E-state index contributed by atoms with van der Waals surface area (Å²) in [6, 6.07) is 11.1. The molecule has 158 valence electrons. The molecular weight excluding hydrogens is 378 g/mol. The van der Waals surface area contributed by atoms with Crippen LogP contribution in [0.4, 0.5) is 11.5 Å². The first kappa shape index (κ1) is 20.3. The highest BCUT2D eigenvalue weighted by Crippen LogP contribution is 2.30. The molecule has 3 unspecified atom stereocenters. The number of hydrogen-bond acceptors (Lipinski definition) is 5. The molecule has 2 aromatic rings. The summed E-state index contributed by atoms with van der Waals surface area (Å²) in [5, 5.41) is 6.00. The van der Waals surface area contributed by atoms with Gasteiger partial charge in [0, 0.05) is 32.0 Å². The van der Waals surface area contributed by atoms with Crippen LogP contribution in [0.5, 0.6) is 0 Å². The summed E-state index contributed by atoms with van der Waals surface area (Å²) in [6.07, 6.45) is 2.61. The van der Waals surface area contributed by atoms with Crippen LogP contribution in [0.3, 0.4) is 0 Å². The lowest BCUT2D eigenvalue weighted by Crippen LogP contribution is -2.45. The zero-order chi connectivity index (χ0) is 21.3. The SMILES string of the molecule is CC1CC(C)CN(CC(=O)Nc2ccc(C3NC(=O)c4cccnc4N3C)cc2)C1. The Hall–Kier alpha value is -2.93. The molecule has 1 aromatic heterocycles. The van der Waals surface area contributed by atoms with Crippen LogP contribution in [0.15, 0.2) is 42.6 Å². The first-order valence-corrected chi connectivity index (χ1v) is 10.5. The van der Waals surface area contributed by atoms with Crippen molar-refractivity contribution in [2.75, 3.05) is 36.9 Å². The van der Waals surface area contributed by atoms with Gasteiger partial charge in [-0.15, -0.1) is 0 Å². The first-order chi connectivity index (χ1) is 14.4. The number of likely N-dealkylation sites (tertiary alicyclic amines) is 1. The molecule has 0 aliphatic carbocycles. The number of piperidine rings is 1. The van der Waals surface area contributed by atoms with Gasteiger partial charge in [-0.25, -0.2) is 4.98 Å². The molecular formula is C23H29N5O2. The molecule has 4 rings (SSSR count). The van der Waals surface area contributed by atoms with Crippen molar-refractivity contribution in [2.24, 2.45) is 11.8 Å². The lowest BCUT2D eigenvalue weighted by Gasteiger charge is -2.35. The maximum Gasteiger partial charge on any atom is 0.256 e. The van der Waals surface area contributed by atoms with Crippen LogP contribution in [0.25, 0.3) is 0 Å². The third-order valence-corrected chi connectivity index (χ3v) is 5.84. The van der Waals surface area contributed by atoms with Gasteiger partial charge in [-0.3, -0.25) is 14.5 Å². The first-order valence-electron chi connectivity index (χ1n) is 10.5. The Labute approximate surface area is 177 Å². The van der Waals surface area contributed by atoms with Gasteiger partial charge in [0.1, 0.15) is 12.0 Å². The Morgan fingerprint density at radius 3 is 2.57 bits per heavy atom. The van der Waals surface area contributed by atoms with Gasteiger partial charge in [0.15, 0.2) is 0 Å². The summed E-state index contributed by atoms with van der Waals surface area (Å²) in [5.74, 6) is 1.79. The fourth-order valence-electron chi connectivity index (χ4n) is 4.66. The zero-order valence-corrected chi connectivity index (χ0v) is 17.8. The highest BCUT2D eigenvalue weighted by atomic mass is 16.2. The normalized spacial score (nSPS) is 24.2. The van der Waals surface area contributed by atoms with Gasteiger partial charge in [-0.1, -0.05) is 26.0 Å². The van der Waals surface area contributed by atoms with Gasteiger partial charge in [0.25, 0.3) is 5.91 Å². The third-order valence-electron chi connectivity index (χ3n) is 5.84. The van der Waals surface area contributed by atoms with E-state index in [1.54, 1.807) is 18.3 Å². The van der Waals surface area contributed by atoms with Crippen LogP contribution in [0.2, 0.25) is 0 Å². The molecule has 1 aromatic carbocycles. The summed E-state index contributed by atoms with van der Waals surface area (Å²) >= 11 is 0. The topological polar surface area (TPSA) is 77.6 Å². The van der Waals surface area contributed by atoms with Crippen LogP contribution < -0.4 is 15.5 Å². The minimum atomic E-state index is -0.305. The number of anilines is 2. The Bertz CT molecular complexity index is 919. The zero-order valence-electron chi connectivity index (χ0n) is 17.8. The lowest BCUT2D eigenvalue weighted by molar-refractivity contribution is -0.117. The van der Waals surface area contributed by atoms with E-state index < -0.39 is 0 Å². The summed E-state index contributed by atoms with van der Waals surface area (Å²) in [5.41, 5.74) is 2.26. The molecule has 2 aliphatic rings. The molecule has 2 aliphatic heterocycles. The number of aromatic nitrogens is 1. The average Bonchev–Trinajstić information content (AvgIpc) is 2.70. The number of carbonyl (C=O) groups is 2. The molecule has 3 atom stereocenters. The number of fused-ring (bicyclic) bond motifs is 1. The van der Waals surface area contributed by atoms with Crippen LogP contribution >= 0.6 is 0 Å². The second-order valence-electron chi connectivity index (χ2n) is 8.67. The van der Waals surface area contributed by atoms with Gasteiger partial charge in [0.05, 0.1) is 12.1 Å². The number of hydrogen-bond donors (Lipinski definition) is 2. The van der Waals surface area contributed by atoms with Crippen molar-refractivity contribution in [3.05, 3.63) is 53.7 Å². The molecule has 1 fully saturated rings. The molecule has 2 amide bonds. The van der Waals surface area contributed by atoms with E-state index in [4.69, 9.17) is 0 Å². The van der Waals surface area contributed by atoms with E-state index in [1.165, 1.54) is 6.42 Å². The van der Waals surface area contributed by atoms with E-state index in [0.717, 1.165) is 24.3 Å². The summed E-state index contributed by atoms with van der Waals surface area (Å²) in [6.45, 7) is 6.85. The average molecular weight is 408 g/mol. The van der Waals surface area contributed by atoms with Crippen LogP contribution in [-0.2, 0) is 4.79 Å². The number of nitrogens with one attached hydrogen (secondary N) is 2. The standard InChI is InChI=1S/C23H29N5O2/c1-15-11-16(2)13-28(12-15)14-20(29)25-18-8-6-17(7-9-18)21-26-23(30)19-5-4-10-24-22(19)27(21)3/h4-10,15-16,21H,11-14H2,1-3H3,(H,25,29)(H,26,30). The number of amides is 2.